The van der Waals surface area contributed by atoms with Gasteiger partial charge in [-0.3, -0.25) is 4.79 Å². The summed E-state index contributed by atoms with van der Waals surface area (Å²) in [4.78, 5) is 19.3. The lowest BCUT2D eigenvalue weighted by Gasteiger charge is -2.34. The molecule has 1 aliphatic carbocycles. The van der Waals surface area contributed by atoms with Gasteiger partial charge in [0.25, 0.3) is 0 Å². The fourth-order valence-corrected chi connectivity index (χ4v) is 4.16. The molecule has 2 fully saturated rings. The molecule has 2 heterocycles. The molecule has 0 bridgehead atoms. The quantitative estimate of drug-likeness (QED) is 0.779. The molecule has 1 saturated carbocycles. The Hall–Kier alpha value is -2.30. The maximum absolute atomic E-state index is 12.6. The van der Waals surface area contributed by atoms with Crippen molar-refractivity contribution in [3.05, 3.63) is 47.5 Å². The molecule has 27 heavy (non-hydrogen) atoms. The summed E-state index contributed by atoms with van der Waals surface area (Å²) in [6.45, 7) is 3.87. The fourth-order valence-electron chi connectivity index (χ4n) is 4.16. The summed E-state index contributed by atoms with van der Waals surface area (Å²) >= 11 is 0. The molecule has 5 heteroatoms. The van der Waals surface area contributed by atoms with Crippen LogP contribution < -0.4 is 4.74 Å². The first-order chi connectivity index (χ1) is 13.2. The van der Waals surface area contributed by atoms with E-state index >= 15 is 0 Å². The number of methoxy groups -OCH3 is 1. The molecule has 2 aromatic rings. The van der Waals surface area contributed by atoms with E-state index in [-0.39, 0.29) is 5.91 Å². The van der Waals surface area contributed by atoms with Crippen molar-refractivity contribution in [2.45, 2.75) is 57.4 Å². The largest absolute Gasteiger partial charge is 0.497 e. The maximum atomic E-state index is 12.6. The summed E-state index contributed by atoms with van der Waals surface area (Å²) in [5, 5.41) is 0. The van der Waals surface area contributed by atoms with Crippen LogP contribution in [-0.4, -0.2) is 40.6 Å². The standard InChI is InChI=1S/C22H29N3O2/c1-16-15-23-22(18-6-7-18)25(16)19-11-13-24(14-12-19)21(26)10-5-17-3-8-20(27-2)9-4-17/h3-4,8-9,15,18-19H,5-7,10-14H2,1-2H3. The SMILES string of the molecule is COc1ccc(CCC(=O)N2CCC(n3c(C)cnc3C3CC3)CC2)cc1. The smallest absolute Gasteiger partial charge is 0.222 e. The van der Waals surface area contributed by atoms with Crippen LogP contribution in [0.25, 0.3) is 0 Å². The Morgan fingerprint density at radius 1 is 1.15 bits per heavy atom. The van der Waals surface area contributed by atoms with Gasteiger partial charge in [0.2, 0.25) is 5.91 Å². The third kappa shape index (κ3) is 4.02. The summed E-state index contributed by atoms with van der Waals surface area (Å²) in [7, 11) is 1.67. The Morgan fingerprint density at radius 3 is 2.48 bits per heavy atom. The molecular formula is C22H29N3O2. The molecule has 1 saturated heterocycles. The summed E-state index contributed by atoms with van der Waals surface area (Å²) in [6.07, 6.45) is 8.00. The van der Waals surface area contributed by atoms with Gasteiger partial charge in [-0.15, -0.1) is 0 Å². The van der Waals surface area contributed by atoms with E-state index in [9.17, 15) is 4.79 Å². The lowest BCUT2D eigenvalue weighted by molar-refractivity contribution is -0.132. The van der Waals surface area contributed by atoms with Crippen molar-refractivity contribution in [1.82, 2.24) is 14.5 Å². The van der Waals surface area contributed by atoms with Gasteiger partial charge in [-0.1, -0.05) is 12.1 Å². The third-order valence-corrected chi connectivity index (χ3v) is 5.92. The molecule has 144 valence electrons. The molecule has 2 aliphatic rings. The Balaban J connectivity index is 1.29. The number of aryl methyl sites for hydroxylation is 2. The maximum Gasteiger partial charge on any atom is 0.222 e. The molecule has 5 nitrogen and oxygen atoms in total. The van der Waals surface area contributed by atoms with Gasteiger partial charge >= 0.3 is 0 Å². The second-order valence-corrected chi connectivity index (χ2v) is 7.86. The molecule has 1 amide bonds. The van der Waals surface area contributed by atoms with Crippen molar-refractivity contribution in [2.24, 2.45) is 0 Å². The number of hydrogen-bond acceptors (Lipinski definition) is 3. The van der Waals surface area contributed by atoms with Crippen LogP contribution in [0.5, 0.6) is 5.75 Å². The van der Waals surface area contributed by atoms with Crippen LogP contribution in [0.1, 0.15) is 61.1 Å². The number of nitrogens with zero attached hydrogens (tertiary/aromatic N) is 3. The molecule has 0 N–H and O–H groups in total. The third-order valence-electron chi connectivity index (χ3n) is 5.92. The van der Waals surface area contributed by atoms with Gasteiger partial charge in [0, 0.05) is 43.4 Å². The number of hydrogen-bond donors (Lipinski definition) is 0. The zero-order chi connectivity index (χ0) is 18.8. The minimum absolute atomic E-state index is 0.272. The lowest BCUT2D eigenvalue weighted by Crippen LogP contribution is -2.39. The Kier molecular flexibility index (Phi) is 5.19. The van der Waals surface area contributed by atoms with E-state index < -0.39 is 0 Å². The number of imidazole rings is 1. The van der Waals surface area contributed by atoms with E-state index in [2.05, 4.69) is 16.5 Å². The van der Waals surface area contributed by atoms with Crippen molar-refractivity contribution in [3.8, 4) is 5.75 Å². The summed E-state index contributed by atoms with van der Waals surface area (Å²) < 4.78 is 7.64. The van der Waals surface area contributed by atoms with E-state index in [4.69, 9.17) is 4.74 Å². The van der Waals surface area contributed by atoms with Crippen LogP contribution in [0.3, 0.4) is 0 Å². The highest BCUT2D eigenvalue weighted by molar-refractivity contribution is 5.76. The zero-order valence-corrected chi connectivity index (χ0v) is 16.4. The lowest BCUT2D eigenvalue weighted by atomic mass is 10.0. The molecule has 1 aromatic carbocycles. The highest BCUT2D eigenvalue weighted by Crippen LogP contribution is 2.41. The van der Waals surface area contributed by atoms with Crippen LogP contribution in [0, 0.1) is 6.92 Å². The molecule has 4 rings (SSSR count). The van der Waals surface area contributed by atoms with E-state index in [1.165, 1.54) is 29.9 Å². The van der Waals surface area contributed by atoms with Crippen molar-refractivity contribution in [2.75, 3.05) is 20.2 Å². The number of carbonyl (C=O) groups is 1. The minimum atomic E-state index is 0.272. The second kappa shape index (κ2) is 7.75. The summed E-state index contributed by atoms with van der Waals surface area (Å²) in [5.41, 5.74) is 2.45. The molecule has 0 radical (unpaired) electrons. The predicted octanol–water partition coefficient (Wildman–Crippen LogP) is 3.87. The first-order valence-electron chi connectivity index (χ1n) is 10.1. The molecule has 1 aliphatic heterocycles. The highest BCUT2D eigenvalue weighted by atomic mass is 16.5. The second-order valence-electron chi connectivity index (χ2n) is 7.86. The van der Waals surface area contributed by atoms with Gasteiger partial charge in [-0.2, -0.15) is 0 Å². The predicted molar refractivity (Wildman–Crippen MR) is 105 cm³/mol. The molecule has 1 aromatic heterocycles. The number of amides is 1. The van der Waals surface area contributed by atoms with Gasteiger partial charge in [0.05, 0.1) is 7.11 Å². The molecule has 0 atom stereocenters. The van der Waals surface area contributed by atoms with Crippen molar-refractivity contribution >= 4 is 5.91 Å². The van der Waals surface area contributed by atoms with Gasteiger partial charge in [-0.25, -0.2) is 4.98 Å². The average molecular weight is 367 g/mol. The first kappa shape index (κ1) is 18.1. The topological polar surface area (TPSA) is 47.4 Å². The number of carbonyl (C=O) groups excluding carboxylic acids is 1. The van der Waals surface area contributed by atoms with Gasteiger partial charge < -0.3 is 14.2 Å². The van der Waals surface area contributed by atoms with Crippen molar-refractivity contribution in [1.29, 1.82) is 0 Å². The van der Waals surface area contributed by atoms with Gasteiger partial charge in [0.1, 0.15) is 11.6 Å². The first-order valence-corrected chi connectivity index (χ1v) is 10.1. The number of ether oxygens (including phenoxy) is 1. The fraction of sp³-hybridized carbons (Fsp3) is 0.545. The minimum Gasteiger partial charge on any atom is -0.497 e. The number of aromatic nitrogens is 2. The number of benzene rings is 1. The van der Waals surface area contributed by atoms with E-state index in [0.29, 0.717) is 18.4 Å². The summed E-state index contributed by atoms with van der Waals surface area (Å²) in [6, 6.07) is 8.49. The number of piperidine rings is 1. The monoisotopic (exact) mass is 367 g/mol. The Bertz CT molecular complexity index is 784. The van der Waals surface area contributed by atoms with Crippen LogP contribution in [0.4, 0.5) is 0 Å². The zero-order valence-electron chi connectivity index (χ0n) is 16.4. The van der Waals surface area contributed by atoms with Crippen LogP contribution in [-0.2, 0) is 11.2 Å². The molecule has 0 unspecified atom stereocenters. The van der Waals surface area contributed by atoms with Crippen LogP contribution >= 0.6 is 0 Å². The number of likely N-dealkylation sites (tertiary alicyclic amines) is 1. The van der Waals surface area contributed by atoms with Gasteiger partial charge in [-0.05, 0) is 56.7 Å². The van der Waals surface area contributed by atoms with Gasteiger partial charge in [0.15, 0.2) is 0 Å². The van der Waals surface area contributed by atoms with Crippen molar-refractivity contribution in [3.63, 3.8) is 0 Å². The Labute approximate surface area is 161 Å². The normalized spacial score (nSPS) is 17.9. The van der Waals surface area contributed by atoms with E-state index in [0.717, 1.165) is 38.1 Å². The Morgan fingerprint density at radius 2 is 1.85 bits per heavy atom. The average Bonchev–Trinajstić information content (AvgIpc) is 3.48. The van der Waals surface area contributed by atoms with Crippen LogP contribution in [0.15, 0.2) is 30.5 Å². The molecule has 0 spiro atoms. The van der Waals surface area contributed by atoms with E-state index in [1.807, 2.05) is 35.4 Å². The highest BCUT2D eigenvalue weighted by Gasteiger charge is 2.32. The van der Waals surface area contributed by atoms with E-state index in [1.54, 1.807) is 7.11 Å². The number of rotatable bonds is 6. The van der Waals surface area contributed by atoms with Crippen molar-refractivity contribution < 1.29 is 9.53 Å². The molecular weight excluding hydrogens is 338 g/mol. The summed E-state index contributed by atoms with van der Waals surface area (Å²) in [5.74, 6) is 3.07. The van der Waals surface area contributed by atoms with Crippen LogP contribution in [0.2, 0.25) is 0 Å².